The molecule has 0 bridgehead atoms. The Balaban J connectivity index is 2.24. The van der Waals surface area contributed by atoms with Crippen molar-refractivity contribution < 1.29 is 0 Å². The largest absolute Gasteiger partial charge is 0.622 e. The van der Waals surface area contributed by atoms with Crippen LogP contribution in [0, 0.1) is 5.21 Å². The molecule has 3 rings (SSSR count). The van der Waals surface area contributed by atoms with E-state index in [0.717, 1.165) is 17.7 Å². The molecule has 0 radical (unpaired) electrons. The Labute approximate surface area is 116 Å². The minimum absolute atomic E-state index is 0.425. The van der Waals surface area contributed by atoms with Crippen molar-refractivity contribution in [3.8, 4) is 0 Å². The Morgan fingerprint density at radius 3 is 2.33 bits per heavy atom. The molecule has 0 amide bonds. The van der Waals surface area contributed by atoms with Crippen LogP contribution in [-0.4, -0.2) is 6.54 Å². The first-order chi connectivity index (χ1) is 8.63. The third-order valence-corrected chi connectivity index (χ3v) is 3.99. The molecule has 92 valence electrons. The molecule has 0 saturated carbocycles. The standard InChI is InChI=1S/C14H11Cl2NO/c15-11-5-3-6-12(16)14(11)17(18)9-8-10-4-1-2-7-13(10)17/h1-7H,8-9H2. The molecule has 1 aliphatic rings. The van der Waals surface area contributed by atoms with Crippen LogP contribution in [0.3, 0.4) is 0 Å². The van der Waals surface area contributed by atoms with E-state index in [1.54, 1.807) is 18.2 Å². The lowest BCUT2D eigenvalue weighted by molar-refractivity contribution is 0.547. The van der Waals surface area contributed by atoms with Crippen molar-refractivity contribution in [2.24, 2.45) is 0 Å². The molecular weight excluding hydrogens is 269 g/mol. The van der Waals surface area contributed by atoms with Crippen molar-refractivity contribution in [3.05, 3.63) is 63.3 Å². The molecule has 1 heterocycles. The molecule has 0 aliphatic carbocycles. The third kappa shape index (κ3) is 1.65. The topological polar surface area (TPSA) is 23.1 Å². The van der Waals surface area contributed by atoms with E-state index in [1.165, 1.54) is 0 Å². The number of benzene rings is 2. The molecule has 4 heteroatoms. The summed E-state index contributed by atoms with van der Waals surface area (Å²) in [6.07, 6.45) is 0.751. The zero-order valence-electron chi connectivity index (χ0n) is 9.57. The highest BCUT2D eigenvalue weighted by molar-refractivity contribution is 6.39. The van der Waals surface area contributed by atoms with Gasteiger partial charge in [-0.25, -0.2) is 0 Å². The lowest BCUT2D eigenvalue weighted by Crippen LogP contribution is -2.35. The van der Waals surface area contributed by atoms with Gasteiger partial charge in [0, 0.05) is 18.1 Å². The van der Waals surface area contributed by atoms with Gasteiger partial charge in [0.1, 0.15) is 15.7 Å². The molecule has 1 atom stereocenters. The molecule has 2 nitrogen and oxygen atoms in total. The average Bonchev–Trinajstić information content (AvgIpc) is 2.69. The van der Waals surface area contributed by atoms with E-state index >= 15 is 0 Å². The Morgan fingerprint density at radius 1 is 0.944 bits per heavy atom. The molecule has 1 aliphatic heterocycles. The molecule has 18 heavy (non-hydrogen) atoms. The lowest BCUT2D eigenvalue weighted by Gasteiger charge is -2.39. The van der Waals surface area contributed by atoms with Gasteiger partial charge in [0.05, 0.1) is 6.54 Å². The molecule has 0 aromatic heterocycles. The van der Waals surface area contributed by atoms with Crippen LogP contribution >= 0.6 is 23.2 Å². The predicted octanol–water partition coefficient (Wildman–Crippen LogP) is 4.69. The van der Waals surface area contributed by atoms with Crippen molar-refractivity contribution in [2.75, 3.05) is 6.54 Å². The van der Waals surface area contributed by atoms with Gasteiger partial charge in [0.25, 0.3) is 0 Å². The number of hydroxylamine groups is 1. The first kappa shape index (κ1) is 12.0. The fourth-order valence-electron chi connectivity index (χ4n) is 2.54. The Morgan fingerprint density at radius 2 is 1.61 bits per heavy atom. The highest BCUT2D eigenvalue weighted by Gasteiger charge is 2.35. The van der Waals surface area contributed by atoms with Gasteiger partial charge >= 0.3 is 0 Å². The molecule has 2 aromatic carbocycles. The van der Waals surface area contributed by atoms with Gasteiger partial charge in [-0.05, 0) is 12.1 Å². The van der Waals surface area contributed by atoms with Crippen molar-refractivity contribution in [1.82, 2.24) is 4.65 Å². The first-order valence-corrected chi connectivity index (χ1v) is 6.50. The van der Waals surface area contributed by atoms with E-state index in [-0.39, 0.29) is 0 Å². The quantitative estimate of drug-likeness (QED) is 0.549. The van der Waals surface area contributed by atoms with Crippen molar-refractivity contribution >= 4 is 34.6 Å². The average molecular weight is 280 g/mol. The summed E-state index contributed by atoms with van der Waals surface area (Å²) in [7, 11) is 0. The summed E-state index contributed by atoms with van der Waals surface area (Å²) in [5.74, 6) is 0. The normalized spacial score (nSPS) is 21.9. The van der Waals surface area contributed by atoms with Gasteiger partial charge in [-0.15, -0.1) is 0 Å². The number of para-hydroxylation sites is 2. The summed E-state index contributed by atoms with van der Waals surface area (Å²) in [5, 5.41) is 14.0. The molecule has 0 fully saturated rings. The molecule has 0 saturated heterocycles. The maximum atomic E-state index is 13.1. The molecule has 0 spiro atoms. The van der Waals surface area contributed by atoms with E-state index in [2.05, 4.69) is 0 Å². The lowest BCUT2D eigenvalue weighted by atomic mass is 10.2. The summed E-state index contributed by atoms with van der Waals surface area (Å²) in [6, 6.07) is 12.8. The number of nitrogens with zero attached hydrogens (tertiary/aromatic N) is 1. The second kappa shape index (κ2) is 4.25. The Hall–Kier alpha value is -1.06. The maximum absolute atomic E-state index is 13.1. The van der Waals surface area contributed by atoms with Gasteiger partial charge in [-0.3, -0.25) is 4.65 Å². The molecular formula is C14H11Cl2NO. The first-order valence-electron chi connectivity index (χ1n) is 5.75. The van der Waals surface area contributed by atoms with Crippen LogP contribution in [0.4, 0.5) is 11.4 Å². The number of fused-ring (bicyclic) bond motifs is 1. The predicted molar refractivity (Wildman–Crippen MR) is 76.3 cm³/mol. The Kier molecular flexibility index (Phi) is 2.83. The van der Waals surface area contributed by atoms with Gasteiger partial charge in [0.15, 0.2) is 5.69 Å². The van der Waals surface area contributed by atoms with Gasteiger partial charge in [-0.1, -0.05) is 47.5 Å². The summed E-state index contributed by atoms with van der Waals surface area (Å²) >= 11 is 12.3. The van der Waals surface area contributed by atoms with Crippen molar-refractivity contribution in [1.29, 1.82) is 0 Å². The fourth-order valence-corrected chi connectivity index (χ4v) is 3.21. The van der Waals surface area contributed by atoms with E-state index in [1.807, 2.05) is 24.3 Å². The van der Waals surface area contributed by atoms with Crippen LogP contribution in [0.2, 0.25) is 10.0 Å². The van der Waals surface area contributed by atoms with Crippen LogP contribution in [0.25, 0.3) is 0 Å². The van der Waals surface area contributed by atoms with Gasteiger partial charge < -0.3 is 5.21 Å². The monoisotopic (exact) mass is 279 g/mol. The number of rotatable bonds is 1. The van der Waals surface area contributed by atoms with Gasteiger partial charge in [0.2, 0.25) is 0 Å². The zero-order chi connectivity index (χ0) is 12.8. The molecule has 1 unspecified atom stereocenters. The van der Waals surface area contributed by atoms with Crippen LogP contribution in [0.5, 0.6) is 0 Å². The summed E-state index contributed by atoms with van der Waals surface area (Å²) in [4.78, 5) is 0. The second-order valence-electron chi connectivity index (χ2n) is 4.41. The minimum Gasteiger partial charge on any atom is -0.622 e. The summed E-state index contributed by atoms with van der Waals surface area (Å²) < 4.78 is -0.561. The number of hydrogen-bond acceptors (Lipinski definition) is 1. The van der Waals surface area contributed by atoms with Crippen molar-refractivity contribution in [2.45, 2.75) is 6.42 Å². The Bertz CT molecular complexity index is 594. The van der Waals surface area contributed by atoms with E-state index in [9.17, 15) is 5.21 Å². The molecule has 0 N–H and O–H groups in total. The minimum atomic E-state index is -0.561. The number of quaternary nitrogens is 1. The van der Waals surface area contributed by atoms with E-state index in [0.29, 0.717) is 22.3 Å². The second-order valence-corrected chi connectivity index (χ2v) is 5.23. The third-order valence-electron chi connectivity index (χ3n) is 3.38. The van der Waals surface area contributed by atoms with E-state index < -0.39 is 4.65 Å². The van der Waals surface area contributed by atoms with Crippen molar-refractivity contribution in [3.63, 3.8) is 0 Å². The van der Waals surface area contributed by atoms with E-state index in [4.69, 9.17) is 23.2 Å². The molecule has 2 aromatic rings. The zero-order valence-corrected chi connectivity index (χ0v) is 11.1. The maximum Gasteiger partial charge on any atom is 0.175 e. The highest BCUT2D eigenvalue weighted by Crippen LogP contribution is 2.47. The van der Waals surface area contributed by atoms with Crippen LogP contribution in [-0.2, 0) is 6.42 Å². The smallest absolute Gasteiger partial charge is 0.175 e. The van der Waals surface area contributed by atoms with Crippen LogP contribution in [0.15, 0.2) is 42.5 Å². The number of hydrogen-bond donors (Lipinski definition) is 0. The number of halogens is 2. The van der Waals surface area contributed by atoms with Crippen LogP contribution < -0.4 is 4.65 Å². The summed E-state index contributed by atoms with van der Waals surface area (Å²) in [5.41, 5.74) is 2.27. The fraction of sp³-hybridized carbons (Fsp3) is 0.143. The van der Waals surface area contributed by atoms with Gasteiger partial charge in [-0.2, -0.15) is 0 Å². The SMILES string of the molecule is [O-][N+]1(c2c(Cl)cccc2Cl)CCc2ccccc21. The van der Waals surface area contributed by atoms with Crippen LogP contribution in [0.1, 0.15) is 5.56 Å². The summed E-state index contributed by atoms with van der Waals surface area (Å²) in [6.45, 7) is 0.447. The highest BCUT2D eigenvalue weighted by atomic mass is 35.5.